The van der Waals surface area contributed by atoms with E-state index in [1.165, 1.54) is 11.8 Å². The molecule has 0 bridgehead atoms. The predicted octanol–water partition coefficient (Wildman–Crippen LogP) is 1.30. The van der Waals surface area contributed by atoms with Gasteiger partial charge in [-0.2, -0.15) is 13.2 Å². The highest BCUT2D eigenvalue weighted by Crippen LogP contribution is 2.22. The van der Waals surface area contributed by atoms with E-state index in [4.69, 9.17) is 0 Å². The normalized spacial score (nSPS) is 21.1. The minimum atomic E-state index is -4.75. The third-order valence-corrected chi connectivity index (χ3v) is 2.18. The first-order valence-electron chi connectivity index (χ1n) is 3.19. The van der Waals surface area contributed by atoms with Crippen molar-refractivity contribution >= 4 is 17.5 Å². The van der Waals surface area contributed by atoms with Crippen molar-refractivity contribution in [3.05, 3.63) is 11.1 Å². The number of hydrogen-bond donors (Lipinski definition) is 1. The molecule has 68 valence electrons. The zero-order chi connectivity index (χ0) is 9.19. The first-order chi connectivity index (χ1) is 5.50. The van der Waals surface area contributed by atoms with Crippen LogP contribution in [-0.2, 0) is 4.79 Å². The van der Waals surface area contributed by atoms with E-state index in [0.29, 0.717) is 23.4 Å². The number of carbonyl (C=O) groups is 1. The van der Waals surface area contributed by atoms with Crippen LogP contribution in [0.1, 0.15) is 0 Å². The molecule has 0 unspecified atom stereocenters. The minimum absolute atomic E-state index is 0.303. The smallest absolute Gasteiger partial charge is 0.379 e. The molecular weight excluding hydrogens is 191 g/mol. The Morgan fingerprint density at radius 3 is 2.67 bits per heavy atom. The summed E-state index contributed by atoms with van der Waals surface area (Å²) in [5, 5.41) is 2.97. The molecule has 0 aromatic heterocycles. The van der Waals surface area contributed by atoms with Crippen LogP contribution in [0.4, 0.5) is 13.2 Å². The lowest BCUT2D eigenvalue weighted by Crippen LogP contribution is -2.21. The van der Waals surface area contributed by atoms with Crippen LogP contribution in [0.25, 0.3) is 0 Å². The van der Waals surface area contributed by atoms with E-state index < -0.39 is 12.0 Å². The largest absolute Gasteiger partial charge is 0.454 e. The molecule has 1 heterocycles. The lowest BCUT2D eigenvalue weighted by molar-refractivity contribution is -0.165. The van der Waals surface area contributed by atoms with Crippen LogP contribution in [0, 0.1) is 0 Å². The molecule has 0 aromatic rings. The van der Waals surface area contributed by atoms with Crippen molar-refractivity contribution < 1.29 is 18.0 Å². The lowest BCUT2D eigenvalue weighted by atomic mass is 10.4. The van der Waals surface area contributed by atoms with E-state index in [9.17, 15) is 18.0 Å². The summed E-state index contributed by atoms with van der Waals surface area (Å²) in [4.78, 5) is 10.4. The number of halogens is 3. The molecule has 1 rings (SSSR count). The van der Waals surface area contributed by atoms with Gasteiger partial charge in [-0.1, -0.05) is 0 Å². The summed E-state index contributed by atoms with van der Waals surface area (Å²) in [5.41, 5.74) is 0. The lowest BCUT2D eigenvalue weighted by Gasteiger charge is -2.01. The van der Waals surface area contributed by atoms with Crippen LogP contribution >= 0.6 is 11.8 Å². The molecule has 1 saturated heterocycles. The van der Waals surface area contributed by atoms with Crippen molar-refractivity contribution in [1.29, 1.82) is 0 Å². The summed E-state index contributed by atoms with van der Waals surface area (Å²) in [5.74, 6) is -1.10. The molecule has 1 N–H and O–H groups in total. The van der Waals surface area contributed by atoms with Crippen LogP contribution < -0.4 is 5.32 Å². The second-order valence-corrected chi connectivity index (χ2v) is 3.28. The molecule has 0 saturated carbocycles. The summed E-state index contributed by atoms with van der Waals surface area (Å²) in [6.45, 7) is 0.613. The SMILES string of the molecule is O=C(/C=C1/NCCS1)C(F)(F)F. The first kappa shape index (κ1) is 9.44. The Balaban J connectivity index is 2.60. The quantitative estimate of drug-likeness (QED) is 0.642. The van der Waals surface area contributed by atoms with E-state index in [2.05, 4.69) is 5.32 Å². The van der Waals surface area contributed by atoms with Gasteiger partial charge in [-0.15, -0.1) is 11.8 Å². The summed E-state index contributed by atoms with van der Waals surface area (Å²) >= 11 is 1.22. The third kappa shape index (κ3) is 2.44. The van der Waals surface area contributed by atoms with Crippen molar-refractivity contribution in [2.45, 2.75) is 6.18 Å². The molecular formula is C6H6F3NOS. The van der Waals surface area contributed by atoms with Crippen molar-refractivity contribution in [1.82, 2.24) is 5.32 Å². The van der Waals surface area contributed by atoms with Crippen molar-refractivity contribution in [3.8, 4) is 0 Å². The standard InChI is InChI=1S/C6H6F3NOS/c7-6(8,9)4(11)3-5-10-1-2-12-5/h3,10H,1-2H2/b5-3-. The average molecular weight is 197 g/mol. The van der Waals surface area contributed by atoms with Gasteiger partial charge in [-0.3, -0.25) is 4.79 Å². The number of allylic oxidation sites excluding steroid dienone is 1. The van der Waals surface area contributed by atoms with Gasteiger partial charge in [0.25, 0.3) is 5.78 Å². The maximum Gasteiger partial charge on any atom is 0.454 e. The molecule has 2 nitrogen and oxygen atoms in total. The van der Waals surface area contributed by atoms with Gasteiger partial charge in [0.2, 0.25) is 0 Å². The number of ketones is 1. The molecule has 1 aliphatic rings. The Hall–Kier alpha value is -0.650. The second kappa shape index (κ2) is 3.38. The third-order valence-electron chi connectivity index (χ3n) is 1.20. The number of hydrogen-bond acceptors (Lipinski definition) is 3. The molecule has 6 heteroatoms. The van der Waals surface area contributed by atoms with E-state index in [1.54, 1.807) is 0 Å². The van der Waals surface area contributed by atoms with Gasteiger partial charge in [0.1, 0.15) is 0 Å². The maximum absolute atomic E-state index is 11.7. The van der Waals surface area contributed by atoms with E-state index in [1.807, 2.05) is 0 Å². The van der Waals surface area contributed by atoms with Crippen molar-refractivity contribution in [2.24, 2.45) is 0 Å². The fraction of sp³-hybridized carbons (Fsp3) is 0.500. The van der Waals surface area contributed by atoms with E-state index >= 15 is 0 Å². The zero-order valence-corrected chi connectivity index (χ0v) is 6.76. The minimum Gasteiger partial charge on any atom is -0.379 e. The number of alkyl halides is 3. The topological polar surface area (TPSA) is 29.1 Å². The Labute approximate surface area is 71.2 Å². The second-order valence-electron chi connectivity index (χ2n) is 2.15. The van der Waals surface area contributed by atoms with Gasteiger partial charge in [0, 0.05) is 18.4 Å². The number of thioether (sulfide) groups is 1. The fourth-order valence-electron chi connectivity index (χ4n) is 0.680. The summed E-state index contributed by atoms with van der Waals surface area (Å²) in [6.07, 6.45) is -4.16. The highest BCUT2D eigenvalue weighted by Gasteiger charge is 2.37. The van der Waals surface area contributed by atoms with Crippen molar-refractivity contribution in [2.75, 3.05) is 12.3 Å². The van der Waals surface area contributed by atoms with Crippen LogP contribution in [0.2, 0.25) is 0 Å². The Bertz CT molecular complexity index is 215. The average Bonchev–Trinajstić information content (AvgIpc) is 2.37. The van der Waals surface area contributed by atoms with Crippen LogP contribution in [0.15, 0.2) is 11.1 Å². The summed E-state index contributed by atoms with van der Waals surface area (Å²) in [6, 6.07) is 0. The molecule has 0 aromatic carbocycles. The van der Waals surface area contributed by atoms with Gasteiger partial charge >= 0.3 is 6.18 Å². The van der Waals surface area contributed by atoms with E-state index in [-0.39, 0.29) is 0 Å². The van der Waals surface area contributed by atoms with Gasteiger partial charge in [-0.25, -0.2) is 0 Å². The predicted molar refractivity (Wildman–Crippen MR) is 39.6 cm³/mol. The Morgan fingerprint density at radius 2 is 2.25 bits per heavy atom. The number of carbonyl (C=O) groups excluding carboxylic acids is 1. The maximum atomic E-state index is 11.7. The van der Waals surface area contributed by atoms with Gasteiger partial charge in [0.05, 0.1) is 5.03 Å². The molecule has 0 aliphatic carbocycles. The Morgan fingerprint density at radius 1 is 1.58 bits per heavy atom. The zero-order valence-electron chi connectivity index (χ0n) is 5.94. The first-order valence-corrected chi connectivity index (χ1v) is 4.18. The molecule has 0 spiro atoms. The van der Waals surface area contributed by atoms with Gasteiger partial charge < -0.3 is 5.32 Å². The molecule has 0 amide bonds. The molecule has 0 atom stereocenters. The van der Waals surface area contributed by atoms with Crippen LogP contribution in [0.3, 0.4) is 0 Å². The number of rotatable bonds is 1. The summed E-state index contributed by atoms with van der Waals surface area (Å²) in [7, 11) is 0. The fourth-order valence-corrected chi connectivity index (χ4v) is 1.50. The molecule has 1 aliphatic heterocycles. The molecule has 12 heavy (non-hydrogen) atoms. The molecule has 0 radical (unpaired) electrons. The van der Waals surface area contributed by atoms with Gasteiger partial charge in [0.15, 0.2) is 0 Å². The van der Waals surface area contributed by atoms with Crippen LogP contribution in [-0.4, -0.2) is 24.3 Å². The highest BCUT2D eigenvalue weighted by atomic mass is 32.2. The number of nitrogens with one attached hydrogen (secondary N) is 1. The Kier molecular flexibility index (Phi) is 2.66. The summed E-state index contributed by atoms with van der Waals surface area (Å²) < 4.78 is 35.0. The van der Waals surface area contributed by atoms with E-state index in [0.717, 1.165) is 0 Å². The van der Waals surface area contributed by atoms with Crippen molar-refractivity contribution in [3.63, 3.8) is 0 Å². The molecule has 1 fully saturated rings. The highest BCUT2D eigenvalue weighted by molar-refractivity contribution is 8.03. The van der Waals surface area contributed by atoms with Gasteiger partial charge in [-0.05, 0) is 0 Å². The monoisotopic (exact) mass is 197 g/mol. The van der Waals surface area contributed by atoms with Crippen LogP contribution in [0.5, 0.6) is 0 Å².